The van der Waals surface area contributed by atoms with Crippen LogP contribution < -0.4 is 0 Å². The van der Waals surface area contributed by atoms with Crippen LogP contribution in [0.5, 0.6) is 0 Å². The Morgan fingerprint density at radius 2 is 1.71 bits per heavy atom. The third-order valence-electron chi connectivity index (χ3n) is 2.83. The quantitative estimate of drug-likeness (QED) is 0.791. The van der Waals surface area contributed by atoms with Gasteiger partial charge in [0.05, 0.1) is 4.90 Å². The summed E-state index contributed by atoms with van der Waals surface area (Å²) in [6.07, 6.45) is 3.27. The van der Waals surface area contributed by atoms with Gasteiger partial charge in [0, 0.05) is 28.7 Å². The number of sulfone groups is 1. The van der Waals surface area contributed by atoms with Crippen LogP contribution in [0.25, 0.3) is 0 Å². The fourth-order valence-corrected chi connectivity index (χ4v) is 3.09. The lowest BCUT2D eigenvalue weighted by Gasteiger charge is -2.04. The van der Waals surface area contributed by atoms with Crippen molar-refractivity contribution in [2.75, 3.05) is 6.26 Å². The van der Waals surface area contributed by atoms with E-state index in [1.807, 2.05) is 6.07 Å². The number of ketones is 1. The number of rotatable bonds is 5. The molecule has 1 heterocycles. The smallest absolute Gasteiger partial charge is 0.180 e. The summed E-state index contributed by atoms with van der Waals surface area (Å²) in [5.41, 5.74) is 0.467. The van der Waals surface area contributed by atoms with Gasteiger partial charge < -0.3 is 0 Å². The van der Waals surface area contributed by atoms with E-state index in [1.165, 1.54) is 18.0 Å². The maximum Gasteiger partial charge on any atom is 0.180 e. The maximum atomic E-state index is 11.5. The second-order valence-electron chi connectivity index (χ2n) is 4.50. The van der Waals surface area contributed by atoms with Gasteiger partial charge in [0.1, 0.15) is 5.69 Å². The van der Waals surface area contributed by atoms with Gasteiger partial charge in [-0.05, 0) is 36.4 Å². The van der Waals surface area contributed by atoms with Crippen LogP contribution in [0.2, 0.25) is 0 Å². The molecular weight excluding hydrogens is 306 g/mol. The summed E-state index contributed by atoms with van der Waals surface area (Å²) in [7, 11) is -3.17. The molecule has 2 aromatic rings. The predicted molar refractivity (Wildman–Crippen MR) is 82.5 cm³/mol. The molecule has 0 unspecified atom stereocenters. The van der Waals surface area contributed by atoms with Crippen LogP contribution in [-0.4, -0.2) is 25.4 Å². The topological polar surface area (TPSA) is 64.1 Å². The molecule has 0 bridgehead atoms. The van der Waals surface area contributed by atoms with Crippen LogP contribution in [0.15, 0.2) is 57.3 Å². The van der Waals surface area contributed by atoms with Gasteiger partial charge >= 0.3 is 0 Å². The largest absolute Gasteiger partial charge is 0.292 e. The Kier molecular flexibility index (Phi) is 4.80. The summed E-state index contributed by atoms with van der Waals surface area (Å²) in [4.78, 5) is 17.7. The van der Waals surface area contributed by atoms with Crippen molar-refractivity contribution in [2.24, 2.45) is 0 Å². The van der Waals surface area contributed by atoms with E-state index in [0.29, 0.717) is 17.0 Å². The van der Waals surface area contributed by atoms with Gasteiger partial charge in [-0.3, -0.25) is 9.78 Å². The lowest BCUT2D eigenvalue weighted by Crippen LogP contribution is -1.99. The molecule has 1 aromatic heterocycles. The summed E-state index contributed by atoms with van der Waals surface area (Å²) in [6, 6.07) is 10.2. The number of carbonyl (C=O) groups excluding carboxylic acids is 1. The zero-order valence-corrected chi connectivity index (χ0v) is 13.4. The molecule has 1 aromatic carbocycles. The highest BCUT2D eigenvalue weighted by molar-refractivity contribution is 7.99. The van der Waals surface area contributed by atoms with Crippen molar-refractivity contribution in [1.82, 2.24) is 4.98 Å². The molecule has 0 spiro atoms. The minimum absolute atomic E-state index is 0.0176. The zero-order valence-electron chi connectivity index (χ0n) is 11.7. The minimum Gasteiger partial charge on any atom is -0.292 e. The van der Waals surface area contributed by atoms with Crippen molar-refractivity contribution in [3.8, 4) is 0 Å². The number of pyridine rings is 1. The van der Waals surface area contributed by atoms with Crippen molar-refractivity contribution >= 4 is 27.4 Å². The number of benzene rings is 1. The predicted octanol–water partition coefficient (Wildman–Crippen LogP) is 3.23. The molecule has 0 atom stereocenters. The second kappa shape index (κ2) is 6.41. The molecule has 0 radical (unpaired) electrons. The van der Waals surface area contributed by atoms with Crippen LogP contribution in [-0.2, 0) is 9.84 Å². The van der Waals surface area contributed by atoms with Crippen LogP contribution in [0.1, 0.15) is 23.8 Å². The number of Topliss-reactive ketones (excluding diaryl/α,β-unsaturated/α-hetero) is 1. The van der Waals surface area contributed by atoms with Crippen molar-refractivity contribution in [3.63, 3.8) is 0 Å². The first-order valence-corrected chi connectivity index (χ1v) is 9.08. The first kappa shape index (κ1) is 15.7. The summed E-state index contributed by atoms with van der Waals surface area (Å²) in [5.74, 6) is 0.0176. The fourth-order valence-electron chi connectivity index (χ4n) is 1.68. The Balaban J connectivity index is 2.13. The molecule has 2 rings (SSSR count). The Hall–Kier alpha value is -1.66. The molecule has 0 N–H and O–H groups in total. The molecule has 0 aliphatic rings. The Bertz CT molecular complexity index is 735. The van der Waals surface area contributed by atoms with Gasteiger partial charge in [0.25, 0.3) is 0 Å². The summed E-state index contributed by atoms with van der Waals surface area (Å²) < 4.78 is 22.8. The molecular formula is C15H15NO3S2. The van der Waals surface area contributed by atoms with Crippen LogP contribution in [0.4, 0.5) is 0 Å². The average molecular weight is 321 g/mol. The molecule has 0 aliphatic carbocycles. The van der Waals surface area contributed by atoms with E-state index in [1.54, 1.807) is 43.5 Å². The lowest BCUT2D eigenvalue weighted by molar-refractivity contribution is 0.0983. The van der Waals surface area contributed by atoms with Crippen LogP contribution in [0, 0.1) is 0 Å². The fraction of sp³-hybridized carbons (Fsp3) is 0.200. The van der Waals surface area contributed by atoms with E-state index in [0.717, 1.165) is 9.79 Å². The van der Waals surface area contributed by atoms with E-state index in [-0.39, 0.29) is 5.78 Å². The van der Waals surface area contributed by atoms with Crippen molar-refractivity contribution in [3.05, 3.63) is 48.3 Å². The molecule has 110 valence electrons. The van der Waals surface area contributed by atoms with E-state index in [2.05, 4.69) is 4.98 Å². The Morgan fingerprint density at radius 1 is 1.10 bits per heavy atom. The van der Waals surface area contributed by atoms with Gasteiger partial charge in [-0.2, -0.15) is 0 Å². The molecule has 6 heteroatoms. The molecule has 0 aliphatic heterocycles. The summed E-state index contributed by atoms with van der Waals surface area (Å²) >= 11 is 1.47. The molecule has 21 heavy (non-hydrogen) atoms. The van der Waals surface area contributed by atoms with Gasteiger partial charge in [-0.25, -0.2) is 8.42 Å². The van der Waals surface area contributed by atoms with Gasteiger partial charge in [-0.15, -0.1) is 0 Å². The summed E-state index contributed by atoms with van der Waals surface area (Å²) in [6.45, 7) is 1.80. The van der Waals surface area contributed by atoms with Crippen molar-refractivity contribution < 1.29 is 13.2 Å². The standard InChI is InChI=1S/C15H15NO3S2/c1-3-15(17)14-9-6-12(10-16-14)20-11-4-7-13(8-5-11)21(2,18)19/h4-10H,3H2,1-2H3. The van der Waals surface area contributed by atoms with Crippen LogP contribution in [0.3, 0.4) is 0 Å². The van der Waals surface area contributed by atoms with E-state index < -0.39 is 9.84 Å². The number of nitrogens with zero attached hydrogens (tertiary/aromatic N) is 1. The second-order valence-corrected chi connectivity index (χ2v) is 7.66. The zero-order chi connectivity index (χ0) is 15.5. The SMILES string of the molecule is CCC(=O)c1ccc(Sc2ccc(S(C)(=O)=O)cc2)cn1. The van der Waals surface area contributed by atoms with Gasteiger partial charge in [-0.1, -0.05) is 18.7 Å². The van der Waals surface area contributed by atoms with E-state index in [9.17, 15) is 13.2 Å². The van der Waals surface area contributed by atoms with Gasteiger partial charge in [0.15, 0.2) is 15.6 Å². The van der Waals surface area contributed by atoms with E-state index in [4.69, 9.17) is 0 Å². The molecule has 4 nitrogen and oxygen atoms in total. The molecule has 0 amide bonds. The van der Waals surface area contributed by atoms with E-state index >= 15 is 0 Å². The monoisotopic (exact) mass is 321 g/mol. The number of hydrogen-bond acceptors (Lipinski definition) is 5. The summed E-state index contributed by atoms with van der Waals surface area (Å²) in [5, 5.41) is 0. The number of carbonyl (C=O) groups is 1. The van der Waals surface area contributed by atoms with Crippen LogP contribution >= 0.6 is 11.8 Å². The Labute approximate surface area is 128 Å². The third kappa shape index (κ3) is 4.15. The average Bonchev–Trinajstić information content (AvgIpc) is 2.47. The van der Waals surface area contributed by atoms with Gasteiger partial charge in [0.2, 0.25) is 0 Å². The first-order valence-electron chi connectivity index (χ1n) is 6.37. The number of hydrogen-bond donors (Lipinski definition) is 0. The molecule has 0 saturated carbocycles. The highest BCUT2D eigenvalue weighted by Crippen LogP contribution is 2.28. The van der Waals surface area contributed by atoms with Crippen molar-refractivity contribution in [1.29, 1.82) is 0 Å². The first-order chi connectivity index (χ1) is 9.90. The number of aromatic nitrogens is 1. The van der Waals surface area contributed by atoms with Crippen molar-refractivity contribution in [2.45, 2.75) is 28.0 Å². The molecule has 0 saturated heterocycles. The maximum absolute atomic E-state index is 11.5. The third-order valence-corrected chi connectivity index (χ3v) is 4.94. The Morgan fingerprint density at radius 3 is 2.19 bits per heavy atom. The normalized spacial score (nSPS) is 11.3. The minimum atomic E-state index is -3.17. The highest BCUT2D eigenvalue weighted by Gasteiger charge is 2.08. The lowest BCUT2D eigenvalue weighted by atomic mass is 10.2. The highest BCUT2D eigenvalue weighted by atomic mass is 32.2. The molecule has 0 fully saturated rings.